The van der Waals surface area contributed by atoms with Gasteiger partial charge in [-0.2, -0.15) is 0 Å². The molecule has 2 nitrogen and oxygen atoms in total. The Morgan fingerprint density at radius 3 is 2.67 bits per heavy atom. The standard InChI is InChI=1S/C14H19BrFNO/c1-10(2)17(8-4-7-15)14(18)13-9-12(16)6-5-11(13)3/h5-6,9-10H,4,7-8H2,1-3H3. The van der Waals surface area contributed by atoms with E-state index in [-0.39, 0.29) is 17.8 Å². The van der Waals surface area contributed by atoms with Gasteiger partial charge in [-0.1, -0.05) is 22.0 Å². The molecule has 0 fully saturated rings. The van der Waals surface area contributed by atoms with Crippen LogP contribution in [0.1, 0.15) is 36.2 Å². The van der Waals surface area contributed by atoms with Crippen LogP contribution in [0.3, 0.4) is 0 Å². The molecule has 4 heteroatoms. The second kappa shape index (κ2) is 6.88. The number of carbonyl (C=O) groups excluding carboxylic acids is 1. The van der Waals surface area contributed by atoms with Gasteiger partial charge in [-0.3, -0.25) is 4.79 Å². The van der Waals surface area contributed by atoms with Gasteiger partial charge in [0.2, 0.25) is 0 Å². The van der Waals surface area contributed by atoms with E-state index in [0.717, 1.165) is 17.3 Å². The van der Waals surface area contributed by atoms with Gasteiger partial charge in [-0.15, -0.1) is 0 Å². The zero-order valence-electron chi connectivity index (χ0n) is 11.0. The first-order chi connectivity index (χ1) is 8.47. The first kappa shape index (κ1) is 15.2. The average molecular weight is 316 g/mol. The summed E-state index contributed by atoms with van der Waals surface area (Å²) in [5.74, 6) is -0.462. The smallest absolute Gasteiger partial charge is 0.254 e. The first-order valence-electron chi connectivity index (χ1n) is 6.10. The van der Waals surface area contributed by atoms with E-state index in [2.05, 4.69) is 15.9 Å². The summed E-state index contributed by atoms with van der Waals surface area (Å²) in [5, 5.41) is 0.853. The molecule has 0 aliphatic heterocycles. The minimum atomic E-state index is -0.367. The van der Waals surface area contributed by atoms with E-state index in [4.69, 9.17) is 0 Å². The number of hydrogen-bond acceptors (Lipinski definition) is 1. The molecule has 1 aromatic carbocycles. The molecule has 0 heterocycles. The Bertz CT molecular complexity index is 420. The van der Waals surface area contributed by atoms with Crippen molar-refractivity contribution in [1.82, 2.24) is 4.90 Å². The van der Waals surface area contributed by atoms with Crippen LogP contribution in [0.25, 0.3) is 0 Å². The molecular weight excluding hydrogens is 297 g/mol. The summed E-state index contributed by atoms with van der Waals surface area (Å²) in [4.78, 5) is 14.2. The van der Waals surface area contributed by atoms with Crippen molar-refractivity contribution in [1.29, 1.82) is 0 Å². The molecule has 1 amide bonds. The Morgan fingerprint density at radius 2 is 2.11 bits per heavy atom. The Labute approximate surface area is 116 Å². The molecule has 18 heavy (non-hydrogen) atoms. The highest BCUT2D eigenvalue weighted by atomic mass is 79.9. The lowest BCUT2D eigenvalue weighted by Crippen LogP contribution is -2.38. The number of aryl methyl sites for hydroxylation is 1. The monoisotopic (exact) mass is 315 g/mol. The molecule has 0 saturated heterocycles. The van der Waals surface area contributed by atoms with Gasteiger partial charge in [0.05, 0.1) is 0 Å². The Morgan fingerprint density at radius 1 is 1.44 bits per heavy atom. The van der Waals surface area contributed by atoms with Crippen LogP contribution in [-0.4, -0.2) is 28.7 Å². The number of benzene rings is 1. The molecule has 0 aromatic heterocycles. The summed E-state index contributed by atoms with van der Waals surface area (Å²) in [6, 6.07) is 4.45. The SMILES string of the molecule is Cc1ccc(F)cc1C(=O)N(CCCBr)C(C)C. The van der Waals surface area contributed by atoms with Gasteiger partial charge < -0.3 is 4.90 Å². The topological polar surface area (TPSA) is 20.3 Å². The van der Waals surface area contributed by atoms with Crippen LogP contribution in [-0.2, 0) is 0 Å². The summed E-state index contributed by atoms with van der Waals surface area (Å²) < 4.78 is 13.2. The predicted octanol–water partition coefficient (Wildman–Crippen LogP) is 3.77. The maximum absolute atomic E-state index is 13.2. The van der Waals surface area contributed by atoms with Crippen molar-refractivity contribution >= 4 is 21.8 Å². The van der Waals surface area contributed by atoms with Crippen molar-refractivity contribution in [2.45, 2.75) is 33.2 Å². The number of rotatable bonds is 5. The van der Waals surface area contributed by atoms with Crippen LogP contribution in [0.4, 0.5) is 4.39 Å². The lowest BCUT2D eigenvalue weighted by atomic mass is 10.1. The van der Waals surface area contributed by atoms with Crippen LogP contribution >= 0.6 is 15.9 Å². The highest BCUT2D eigenvalue weighted by Crippen LogP contribution is 2.15. The number of alkyl halides is 1. The summed E-state index contributed by atoms with van der Waals surface area (Å²) in [7, 11) is 0. The Hall–Kier alpha value is -0.900. The van der Waals surface area contributed by atoms with Crippen LogP contribution in [0.15, 0.2) is 18.2 Å². The molecule has 0 bridgehead atoms. The third-order valence-corrected chi connectivity index (χ3v) is 3.41. The van der Waals surface area contributed by atoms with Crippen LogP contribution in [0, 0.1) is 12.7 Å². The maximum atomic E-state index is 13.2. The molecular formula is C14H19BrFNO. The second-order valence-electron chi connectivity index (χ2n) is 4.59. The number of amides is 1. The first-order valence-corrected chi connectivity index (χ1v) is 7.22. The van der Waals surface area contributed by atoms with E-state index in [1.807, 2.05) is 20.8 Å². The summed E-state index contributed by atoms with van der Waals surface area (Å²) in [5.41, 5.74) is 1.27. The van der Waals surface area contributed by atoms with Gasteiger partial charge in [0.1, 0.15) is 5.82 Å². The maximum Gasteiger partial charge on any atom is 0.254 e. The normalized spacial score (nSPS) is 10.8. The summed E-state index contributed by atoms with van der Waals surface area (Å²) in [6.45, 7) is 6.45. The zero-order valence-corrected chi connectivity index (χ0v) is 12.6. The highest BCUT2D eigenvalue weighted by molar-refractivity contribution is 9.09. The van der Waals surface area contributed by atoms with Gasteiger partial charge in [-0.05, 0) is 44.9 Å². The van der Waals surface area contributed by atoms with Crippen LogP contribution in [0.5, 0.6) is 0 Å². The van der Waals surface area contributed by atoms with Crippen molar-refractivity contribution in [3.63, 3.8) is 0 Å². The molecule has 0 atom stereocenters. The molecule has 0 saturated carbocycles. The van der Waals surface area contributed by atoms with Gasteiger partial charge in [0, 0.05) is 23.5 Å². The molecule has 0 aliphatic carbocycles. The molecule has 0 unspecified atom stereocenters. The molecule has 0 N–H and O–H groups in total. The van der Waals surface area contributed by atoms with Crippen molar-refractivity contribution in [2.75, 3.05) is 11.9 Å². The molecule has 0 spiro atoms. The van der Waals surface area contributed by atoms with Crippen LogP contribution in [0.2, 0.25) is 0 Å². The third-order valence-electron chi connectivity index (χ3n) is 2.85. The lowest BCUT2D eigenvalue weighted by molar-refractivity contribution is 0.0705. The molecule has 1 aromatic rings. The van der Waals surface area contributed by atoms with E-state index in [9.17, 15) is 9.18 Å². The van der Waals surface area contributed by atoms with Crippen molar-refractivity contribution in [2.24, 2.45) is 0 Å². The van der Waals surface area contributed by atoms with E-state index < -0.39 is 0 Å². The predicted molar refractivity (Wildman–Crippen MR) is 75.7 cm³/mol. The molecule has 100 valence electrons. The van der Waals surface area contributed by atoms with Gasteiger partial charge in [0.15, 0.2) is 0 Å². The Balaban J connectivity index is 2.98. The van der Waals surface area contributed by atoms with E-state index in [0.29, 0.717) is 12.1 Å². The fourth-order valence-corrected chi connectivity index (χ4v) is 2.05. The molecule has 0 radical (unpaired) electrons. The lowest BCUT2D eigenvalue weighted by Gasteiger charge is -2.27. The fraction of sp³-hybridized carbons (Fsp3) is 0.500. The molecule has 0 aliphatic rings. The largest absolute Gasteiger partial charge is 0.336 e. The zero-order chi connectivity index (χ0) is 13.7. The fourth-order valence-electron chi connectivity index (χ4n) is 1.80. The van der Waals surface area contributed by atoms with Gasteiger partial charge in [-0.25, -0.2) is 4.39 Å². The summed E-state index contributed by atoms with van der Waals surface area (Å²) in [6.07, 6.45) is 0.887. The minimum Gasteiger partial charge on any atom is -0.336 e. The van der Waals surface area contributed by atoms with Crippen molar-refractivity contribution in [3.8, 4) is 0 Å². The number of hydrogen-bond donors (Lipinski definition) is 0. The third kappa shape index (κ3) is 3.80. The van der Waals surface area contributed by atoms with Gasteiger partial charge >= 0.3 is 0 Å². The van der Waals surface area contributed by atoms with E-state index >= 15 is 0 Å². The quantitative estimate of drug-likeness (QED) is 0.757. The second-order valence-corrected chi connectivity index (χ2v) is 5.39. The molecule has 1 rings (SSSR count). The van der Waals surface area contributed by atoms with E-state index in [1.54, 1.807) is 11.0 Å². The minimum absolute atomic E-state index is 0.0945. The van der Waals surface area contributed by atoms with Gasteiger partial charge in [0.25, 0.3) is 5.91 Å². The van der Waals surface area contributed by atoms with Crippen LogP contribution < -0.4 is 0 Å². The van der Waals surface area contributed by atoms with E-state index in [1.165, 1.54) is 12.1 Å². The summed E-state index contributed by atoms with van der Waals surface area (Å²) >= 11 is 3.36. The highest BCUT2D eigenvalue weighted by Gasteiger charge is 2.20. The average Bonchev–Trinajstić information content (AvgIpc) is 2.32. The Kier molecular flexibility index (Phi) is 5.79. The van der Waals surface area contributed by atoms with Crippen molar-refractivity contribution in [3.05, 3.63) is 35.1 Å². The van der Waals surface area contributed by atoms with Crippen molar-refractivity contribution < 1.29 is 9.18 Å². The number of halogens is 2. The number of carbonyl (C=O) groups is 1. The number of nitrogens with zero attached hydrogens (tertiary/aromatic N) is 1.